The van der Waals surface area contributed by atoms with E-state index in [1.165, 1.54) is 12.1 Å². The first-order valence-electron chi connectivity index (χ1n) is 11.3. The number of amides is 1. The van der Waals surface area contributed by atoms with Crippen molar-refractivity contribution in [3.8, 4) is 0 Å². The smallest absolute Gasteiger partial charge is 0.234 e. The topological polar surface area (TPSA) is 71.4 Å². The van der Waals surface area contributed by atoms with Crippen LogP contribution in [0, 0.1) is 11.7 Å². The van der Waals surface area contributed by atoms with Crippen LogP contribution in [0.5, 0.6) is 0 Å². The van der Waals surface area contributed by atoms with Crippen LogP contribution in [0.2, 0.25) is 0 Å². The Kier molecular flexibility index (Phi) is 5.88. The number of nitrogens with one attached hydrogen (secondary N) is 1. The van der Waals surface area contributed by atoms with Gasteiger partial charge in [-0.3, -0.25) is 19.6 Å². The first-order chi connectivity index (χ1) is 16.5. The summed E-state index contributed by atoms with van der Waals surface area (Å²) >= 11 is 0. The molecule has 0 fully saturated rings. The van der Waals surface area contributed by atoms with Gasteiger partial charge in [0.15, 0.2) is 5.78 Å². The number of ketones is 1. The molecule has 2 aliphatic rings. The molecule has 1 amide bonds. The quantitative estimate of drug-likeness (QED) is 0.572. The highest BCUT2D eigenvalue weighted by molar-refractivity contribution is 6.13. The normalized spacial score (nSPS) is 22.1. The molecule has 0 spiro atoms. The van der Waals surface area contributed by atoms with E-state index in [1.807, 2.05) is 36.4 Å². The summed E-state index contributed by atoms with van der Waals surface area (Å²) in [5, 5.41) is 2.71. The summed E-state index contributed by atoms with van der Waals surface area (Å²) in [5.74, 6) is -2.16. The number of allylic oxidation sites excluding steroid dienone is 2. The number of carbonyl (C=O) groups is 2. The second-order valence-electron chi connectivity index (χ2n) is 8.76. The minimum absolute atomic E-state index is 0.0103. The lowest BCUT2D eigenvalue weighted by Gasteiger charge is -2.36. The summed E-state index contributed by atoms with van der Waals surface area (Å²) in [6, 6.07) is 19.7. The molecule has 0 saturated heterocycles. The highest BCUT2D eigenvalue weighted by Crippen LogP contribution is 2.46. The van der Waals surface area contributed by atoms with Crippen molar-refractivity contribution in [1.82, 2.24) is 4.98 Å². The number of aromatic nitrogens is 1. The molecular weight excluding hydrogens is 429 g/mol. The van der Waals surface area contributed by atoms with Crippen LogP contribution >= 0.6 is 0 Å². The summed E-state index contributed by atoms with van der Waals surface area (Å²) in [4.78, 5) is 36.0. The Bertz CT molecular complexity index is 1300. The van der Waals surface area contributed by atoms with Crippen LogP contribution in [0.4, 0.5) is 10.1 Å². The number of halogens is 1. The highest BCUT2D eigenvalue weighted by atomic mass is 19.1. The molecule has 0 bridgehead atoms. The van der Waals surface area contributed by atoms with Gasteiger partial charge in [0.1, 0.15) is 5.82 Å². The number of Topliss-reactive ketones (excluding diaryl/α,β-unsaturated/α-hetero) is 1. The standard InChI is InChI=1S/C28H24FN3O2/c1-17-25(28(34)32-22-12-6-5-11-21(22)29)26(19-10-7-13-30-16-19)27-23(31-17)14-20(15-24(27)33)18-8-3-2-4-9-18/h2-13,16,20,25-26H,14-15H2,1H3,(H,32,34)/t20-,25?,26-/m1/s1. The van der Waals surface area contributed by atoms with Crippen molar-refractivity contribution in [2.24, 2.45) is 10.9 Å². The van der Waals surface area contributed by atoms with Crippen molar-refractivity contribution in [3.05, 3.63) is 107 Å². The van der Waals surface area contributed by atoms with Crippen LogP contribution in [0.1, 0.15) is 42.7 Å². The summed E-state index contributed by atoms with van der Waals surface area (Å²) in [5.41, 5.74) is 3.87. The van der Waals surface area contributed by atoms with Gasteiger partial charge in [-0.25, -0.2) is 4.39 Å². The number of pyridine rings is 1. The predicted octanol–water partition coefficient (Wildman–Crippen LogP) is 5.43. The Labute approximate surface area is 197 Å². The third-order valence-corrected chi connectivity index (χ3v) is 6.62. The zero-order valence-corrected chi connectivity index (χ0v) is 18.7. The van der Waals surface area contributed by atoms with Crippen LogP contribution in [0.3, 0.4) is 0 Å². The molecule has 5 rings (SSSR count). The molecule has 2 aromatic carbocycles. The van der Waals surface area contributed by atoms with E-state index >= 15 is 0 Å². The number of rotatable bonds is 4. The van der Waals surface area contributed by atoms with E-state index in [-0.39, 0.29) is 17.4 Å². The molecule has 34 heavy (non-hydrogen) atoms. The first kappa shape index (κ1) is 21.9. The fraction of sp³-hybridized carbons (Fsp3) is 0.214. The lowest BCUT2D eigenvalue weighted by Crippen LogP contribution is -2.40. The molecule has 5 nitrogen and oxygen atoms in total. The molecule has 1 N–H and O–H groups in total. The first-order valence-corrected chi connectivity index (χ1v) is 11.3. The number of benzene rings is 2. The van der Waals surface area contributed by atoms with Crippen LogP contribution < -0.4 is 5.32 Å². The molecule has 1 aliphatic carbocycles. The van der Waals surface area contributed by atoms with Crippen LogP contribution in [0.15, 0.2) is 95.4 Å². The highest BCUT2D eigenvalue weighted by Gasteiger charge is 2.44. The molecule has 1 aromatic heterocycles. The molecule has 6 heteroatoms. The van der Waals surface area contributed by atoms with Crippen molar-refractivity contribution in [2.75, 3.05) is 5.32 Å². The number of nitrogens with zero attached hydrogens (tertiary/aromatic N) is 2. The molecular formula is C28H24FN3O2. The maximum atomic E-state index is 14.3. The monoisotopic (exact) mass is 453 g/mol. The number of hydrogen-bond donors (Lipinski definition) is 1. The summed E-state index contributed by atoms with van der Waals surface area (Å²) in [6.07, 6.45) is 4.33. The molecule has 170 valence electrons. The Hall–Kier alpha value is -3.93. The third kappa shape index (κ3) is 4.07. The fourth-order valence-electron chi connectivity index (χ4n) is 5.05. The molecule has 3 atom stereocenters. The Morgan fingerprint density at radius 3 is 2.44 bits per heavy atom. The maximum Gasteiger partial charge on any atom is 0.234 e. The van der Waals surface area contributed by atoms with Gasteiger partial charge in [0.05, 0.1) is 11.6 Å². The second-order valence-corrected chi connectivity index (χ2v) is 8.76. The summed E-state index contributed by atoms with van der Waals surface area (Å²) in [6.45, 7) is 1.80. The van der Waals surface area contributed by atoms with Crippen molar-refractivity contribution >= 4 is 23.1 Å². The van der Waals surface area contributed by atoms with Gasteiger partial charge < -0.3 is 5.32 Å². The van der Waals surface area contributed by atoms with Gasteiger partial charge in [-0.2, -0.15) is 0 Å². The Morgan fingerprint density at radius 1 is 0.971 bits per heavy atom. The van der Waals surface area contributed by atoms with Crippen molar-refractivity contribution in [3.63, 3.8) is 0 Å². The van der Waals surface area contributed by atoms with Gasteiger partial charge in [0, 0.05) is 41.7 Å². The minimum Gasteiger partial charge on any atom is -0.323 e. The van der Waals surface area contributed by atoms with E-state index in [1.54, 1.807) is 37.5 Å². The SMILES string of the molecule is CC1=NC2=C(C(=O)C[C@H](c3ccccc3)C2)[C@H](c2cccnc2)C1C(=O)Nc1ccccc1F. The van der Waals surface area contributed by atoms with Gasteiger partial charge in [-0.1, -0.05) is 48.5 Å². The molecule has 1 unspecified atom stereocenters. The third-order valence-electron chi connectivity index (χ3n) is 6.62. The van der Waals surface area contributed by atoms with Crippen molar-refractivity contribution in [2.45, 2.75) is 31.6 Å². The minimum atomic E-state index is -0.750. The molecule has 0 saturated carbocycles. The van der Waals surface area contributed by atoms with Gasteiger partial charge in [0.25, 0.3) is 0 Å². The number of hydrogen-bond acceptors (Lipinski definition) is 4. The van der Waals surface area contributed by atoms with Gasteiger partial charge in [-0.05, 0) is 48.6 Å². The van der Waals surface area contributed by atoms with E-state index in [4.69, 9.17) is 4.99 Å². The largest absolute Gasteiger partial charge is 0.323 e. The van der Waals surface area contributed by atoms with E-state index < -0.39 is 23.6 Å². The number of aliphatic imine (C=N–C) groups is 1. The number of anilines is 1. The number of para-hydroxylation sites is 1. The molecule has 3 aromatic rings. The van der Waals surface area contributed by atoms with Gasteiger partial charge in [-0.15, -0.1) is 0 Å². The number of carbonyl (C=O) groups excluding carboxylic acids is 2. The summed E-state index contributed by atoms with van der Waals surface area (Å²) < 4.78 is 14.3. The zero-order chi connectivity index (χ0) is 23.7. The van der Waals surface area contributed by atoms with E-state index in [0.29, 0.717) is 24.1 Å². The van der Waals surface area contributed by atoms with Gasteiger partial charge >= 0.3 is 0 Å². The van der Waals surface area contributed by atoms with Crippen LogP contribution in [0.25, 0.3) is 0 Å². The van der Waals surface area contributed by atoms with Gasteiger partial charge in [0.2, 0.25) is 5.91 Å². The molecule has 1 aliphatic heterocycles. The molecule has 2 heterocycles. The maximum absolute atomic E-state index is 14.3. The van der Waals surface area contributed by atoms with Crippen molar-refractivity contribution < 1.29 is 14.0 Å². The Balaban J connectivity index is 1.55. The fourth-order valence-corrected chi connectivity index (χ4v) is 5.05. The summed E-state index contributed by atoms with van der Waals surface area (Å²) in [7, 11) is 0. The average Bonchev–Trinajstić information content (AvgIpc) is 2.85. The Morgan fingerprint density at radius 2 is 1.71 bits per heavy atom. The van der Waals surface area contributed by atoms with Crippen molar-refractivity contribution in [1.29, 1.82) is 0 Å². The molecule has 0 radical (unpaired) electrons. The predicted molar refractivity (Wildman–Crippen MR) is 129 cm³/mol. The van der Waals surface area contributed by atoms with Crippen LogP contribution in [-0.2, 0) is 9.59 Å². The second kappa shape index (κ2) is 9.14. The van der Waals surface area contributed by atoms with E-state index in [2.05, 4.69) is 10.3 Å². The zero-order valence-electron chi connectivity index (χ0n) is 18.7. The van der Waals surface area contributed by atoms with E-state index in [0.717, 1.165) is 16.8 Å². The lowest BCUT2D eigenvalue weighted by molar-refractivity contribution is -0.119. The van der Waals surface area contributed by atoms with E-state index in [9.17, 15) is 14.0 Å². The lowest BCUT2D eigenvalue weighted by atomic mass is 9.69. The average molecular weight is 454 g/mol. The van der Waals surface area contributed by atoms with Crippen LogP contribution in [-0.4, -0.2) is 22.4 Å².